The third-order valence-corrected chi connectivity index (χ3v) is 4.60. The van der Waals surface area contributed by atoms with Gasteiger partial charge in [0.25, 0.3) is 0 Å². The fourth-order valence-corrected chi connectivity index (χ4v) is 3.62. The molecule has 0 saturated heterocycles. The normalized spacial score (nSPS) is 20.1. The lowest BCUT2D eigenvalue weighted by Crippen LogP contribution is -2.15. The van der Waals surface area contributed by atoms with Crippen molar-refractivity contribution in [2.45, 2.75) is 32.1 Å². The second-order valence-corrected chi connectivity index (χ2v) is 5.58. The third-order valence-electron chi connectivity index (χ3n) is 3.31. The van der Waals surface area contributed by atoms with Crippen LogP contribution in [0, 0.1) is 11.8 Å². The van der Waals surface area contributed by atoms with E-state index in [-0.39, 0.29) is 0 Å². The SMILES string of the molecule is ClCC(Cc1cccs1)C1CCCC1. The molecule has 1 unspecified atom stereocenters. The highest BCUT2D eigenvalue weighted by Crippen LogP contribution is 2.34. The maximum atomic E-state index is 6.07. The summed E-state index contributed by atoms with van der Waals surface area (Å²) in [7, 11) is 0. The molecule has 0 N–H and O–H groups in total. The van der Waals surface area contributed by atoms with Crippen LogP contribution >= 0.6 is 22.9 Å². The molecule has 1 aliphatic rings. The van der Waals surface area contributed by atoms with Crippen molar-refractivity contribution in [3.05, 3.63) is 22.4 Å². The summed E-state index contributed by atoms with van der Waals surface area (Å²) >= 11 is 7.94. The quantitative estimate of drug-likeness (QED) is 0.673. The fraction of sp³-hybridized carbons (Fsp3) is 0.667. The Morgan fingerprint density at radius 1 is 1.43 bits per heavy atom. The predicted octanol–water partition coefficient (Wildman–Crippen LogP) is 4.34. The summed E-state index contributed by atoms with van der Waals surface area (Å²) in [4.78, 5) is 1.50. The molecule has 1 aliphatic carbocycles. The van der Waals surface area contributed by atoms with Gasteiger partial charge in [-0.25, -0.2) is 0 Å². The molecule has 0 amide bonds. The maximum Gasteiger partial charge on any atom is 0.0257 e. The van der Waals surface area contributed by atoms with Crippen molar-refractivity contribution in [1.82, 2.24) is 0 Å². The van der Waals surface area contributed by atoms with E-state index < -0.39 is 0 Å². The molecule has 1 fully saturated rings. The van der Waals surface area contributed by atoms with Gasteiger partial charge in [-0.1, -0.05) is 31.7 Å². The number of halogens is 1. The van der Waals surface area contributed by atoms with Crippen LogP contribution in [0.4, 0.5) is 0 Å². The van der Waals surface area contributed by atoms with Gasteiger partial charge < -0.3 is 0 Å². The summed E-state index contributed by atoms with van der Waals surface area (Å²) in [6.07, 6.45) is 6.85. The molecular weight excluding hydrogens is 212 g/mol. The second kappa shape index (κ2) is 5.18. The monoisotopic (exact) mass is 228 g/mol. The minimum atomic E-state index is 0.720. The van der Waals surface area contributed by atoms with Gasteiger partial charge in [-0.15, -0.1) is 22.9 Å². The molecular formula is C12H17ClS. The van der Waals surface area contributed by atoms with Crippen molar-refractivity contribution in [2.75, 3.05) is 5.88 Å². The molecule has 1 heterocycles. The Kier molecular flexibility index (Phi) is 3.89. The second-order valence-electron chi connectivity index (χ2n) is 4.24. The largest absolute Gasteiger partial charge is 0.149 e. The van der Waals surface area contributed by atoms with Crippen LogP contribution in [0.3, 0.4) is 0 Å². The molecule has 2 heteroatoms. The Morgan fingerprint density at radius 3 is 2.79 bits per heavy atom. The van der Waals surface area contributed by atoms with E-state index in [1.165, 1.54) is 37.0 Å². The van der Waals surface area contributed by atoms with Gasteiger partial charge in [0.2, 0.25) is 0 Å². The molecule has 0 aliphatic heterocycles. The average molecular weight is 229 g/mol. The van der Waals surface area contributed by atoms with E-state index in [1.807, 2.05) is 11.3 Å². The van der Waals surface area contributed by atoms with E-state index in [2.05, 4.69) is 17.5 Å². The van der Waals surface area contributed by atoms with Gasteiger partial charge in [0.15, 0.2) is 0 Å². The highest BCUT2D eigenvalue weighted by Gasteiger charge is 2.24. The van der Waals surface area contributed by atoms with Crippen LogP contribution in [0.5, 0.6) is 0 Å². The number of thiophene rings is 1. The Hall–Kier alpha value is -0.0100. The molecule has 0 nitrogen and oxygen atoms in total. The molecule has 1 saturated carbocycles. The van der Waals surface area contributed by atoms with Gasteiger partial charge >= 0.3 is 0 Å². The van der Waals surface area contributed by atoms with E-state index in [9.17, 15) is 0 Å². The number of hydrogen-bond donors (Lipinski definition) is 0. The summed E-state index contributed by atoms with van der Waals surface area (Å²) in [5, 5.41) is 2.16. The Balaban J connectivity index is 1.92. The first-order valence-corrected chi connectivity index (χ1v) is 6.90. The zero-order chi connectivity index (χ0) is 9.80. The maximum absolute atomic E-state index is 6.07. The van der Waals surface area contributed by atoms with E-state index in [4.69, 9.17) is 11.6 Å². The van der Waals surface area contributed by atoms with Crippen molar-refractivity contribution in [1.29, 1.82) is 0 Å². The first-order chi connectivity index (χ1) is 6.90. The van der Waals surface area contributed by atoms with Crippen LogP contribution in [0.2, 0.25) is 0 Å². The van der Waals surface area contributed by atoms with E-state index in [0.29, 0.717) is 0 Å². The molecule has 1 atom stereocenters. The lowest BCUT2D eigenvalue weighted by Gasteiger charge is -2.20. The zero-order valence-electron chi connectivity index (χ0n) is 8.42. The van der Waals surface area contributed by atoms with Crippen LogP contribution in [-0.2, 0) is 6.42 Å². The number of hydrogen-bond acceptors (Lipinski definition) is 1. The van der Waals surface area contributed by atoms with Crippen molar-refractivity contribution in [2.24, 2.45) is 11.8 Å². The smallest absolute Gasteiger partial charge is 0.0257 e. The molecule has 0 bridgehead atoms. The lowest BCUT2D eigenvalue weighted by molar-refractivity contribution is 0.371. The molecule has 0 radical (unpaired) electrons. The van der Waals surface area contributed by atoms with E-state index in [1.54, 1.807) is 0 Å². The summed E-state index contributed by atoms with van der Waals surface area (Å²) < 4.78 is 0. The van der Waals surface area contributed by atoms with Crippen LogP contribution < -0.4 is 0 Å². The summed E-state index contributed by atoms with van der Waals surface area (Å²) in [5.41, 5.74) is 0. The van der Waals surface area contributed by atoms with Gasteiger partial charge in [-0.3, -0.25) is 0 Å². The van der Waals surface area contributed by atoms with Gasteiger partial charge in [-0.2, -0.15) is 0 Å². The predicted molar refractivity (Wildman–Crippen MR) is 64.2 cm³/mol. The van der Waals surface area contributed by atoms with Gasteiger partial charge in [0.1, 0.15) is 0 Å². The molecule has 1 aromatic heterocycles. The molecule has 2 rings (SSSR count). The Labute approximate surface area is 95.3 Å². The molecule has 0 spiro atoms. The standard InChI is InChI=1S/C12H17ClS/c13-9-11(10-4-1-2-5-10)8-12-6-3-7-14-12/h3,6-7,10-11H,1-2,4-5,8-9H2. The lowest BCUT2D eigenvalue weighted by atomic mass is 9.89. The highest BCUT2D eigenvalue weighted by atomic mass is 35.5. The summed E-state index contributed by atoms with van der Waals surface area (Å²) in [6, 6.07) is 4.37. The summed E-state index contributed by atoms with van der Waals surface area (Å²) in [6.45, 7) is 0. The first-order valence-electron chi connectivity index (χ1n) is 5.48. The zero-order valence-corrected chi connectivity index (χ0v) is 9.99. The topological polar surface area (TPSA) is 0 Å². The molecule has 78 valence electrons. The van der Waals surface area contributed by atoms with Gasteiger partial charge in [0.05, 0.1) is 0 Å². The van der Waals surface area contributed by atoms with Crippen LogP contribution in [0.25, 0.3) is 0 Å². The Morgan fingerprint density at radius 2 is 2.21 bits per heavy atom. The Bertz CT molecular complexity index is 249. The fourth-order valence-electron chi connectivity index (χ4n) is 2.46. The van der Waals surface area contributed by atoms with Gasteiger partial charge in [-0.05, 0) is 29.7 Å². The van der Waals surface area contributed by atoms with Crippen molar-refractivity contribution >= 4 is 22.9 Å². The van der Waals surface area contributed by atoms with Crippen molar-refractivity contribution in [3.8, 4) is 0 Å². The van der Waals surface area contributed by atoms with E-state index >= 15 is 0 Å². The minimum absolute atomic E-state index is 0.720. The van der Waals surface area contributed by atoms with Crippen molar-refractivity contribution < 1.29 is 0 Å². The third kappa shape index (κ3) is 2.52. The van der Waals surface area contributed by atoms with E-state index in [0.717, 1.165) is 17.7 Å². The highest BCUT2D eigenvalue weighted by molar-refractivity contribution is 7.09. The molecule has 14 heavy (non-hydrogen) atoms. The van der Waals surface area contributed by atoms with Crippen LogP contribution in [0.15, 0.2) is 17.5 Å². The molecule has 0 aromatic carbocycles. The number of rotatable bonds is 4. The summed E-state index contributed by atoms with van der Waals surface area (Å²) in [5.74, 6) is 2.45. The van der Waals surface area contributed by atoms with Gasteiger partial charge in [0, 0.05) is 10.8 Å². The van der Waals surface area contributed by atoms with Crippen molar-refractivity contribution in [3.63, 3.8) is 0 Å². The molecule has 1 aromatic rings. The number of alkyl halides is 1. The van der Waals surface area contributed by atoms with Crippen LogP contribution in [0.1, 0.15) is 30.6 Å². The first kappa shape index (κ1) is 10.5. The minimum Gasteiger partial charge on any atom is -0.149 e. The van der Waals surface area contributed by atoms with Crippen LogP contribution in [-0.4, -0.2) is 5.88 Å². The average Bonchev–Trinajstić information content (AvgIpc) is 2.86.